The normalized spacial score (nSPS) is 40.6. The zero-order valence-electron chi connectivity index (χ0n) is 14.7. The van der Waals surface area contributed by atoms with Gasteiger partial charge in [0.25, 0.3) is 0 Å². The van der Waals surface area contributed by atoms with Crippen LogP contribution in [-0.2, 0) is 28.5 Å². The van der Waals surface area contributed by atoms with Crippen molar-refractivity contribution in [1.82, 2.24) is 0 Å². The molecule has 2 bridgehead atoms. The minimum absolute atomic E-state index is 0.0321. The predicted molar refractivity (Wildman–Crippen MR) is 87.2 cm³/mol. The first-order valence-corrected chi connectivity index (χ1v) is 9.84. The van der Waals surface area contributed by atoms with Gasteiger partial charge in [-0.1, -0.05) is 6.42 Å². The molecule has 25 heavy (non-hydrogen) atoms. The molecule has 2 heterocycles. The summed E-state index contributed by atoms with van der Waals surface area (Å²) in [6, 6.07) is 0. The lowest BCUT2D eigenvalue weighted by molar-refractivity contribution is -0.217. The van der Waals surface area contributed by atoms with E-state index in [4.69, 9.17) is 18.9 Å². The van der Waals surface area contributed by atoms with Crippen LogP contribution in [0.25, 0.3) is 0 Å². The average molecular weight is 352 g/mol. The first-order valence-electron chi connectivity index (χ1n) is 9.84. The maximum Gasteiger partial charge on any atom is 0.326 e. The standard InChI is InChI=1S/C19H28O6/c20-17(24-15-5-1-3-9-22-15)19(12-13-7-8-14(19)11-13)18(21)25-16-6-2-4-10-23-16/h13-16H,1-12H2. The molecule has 6 heteroatoms. The van der Waals surface area contributed by atoms with Gasteiger partial charge in [0.2, 0.25) is 12.6 Å². The molecule has 0 aromatic heterocycles. The predicted octanol–water partition coefficient (Wildman–Crippen LogP) is 2.93. The van der Waals surface area contributed by atoms with Gasteiger partial charge in [-0.2, -0.15) is 0 Å². The second-order valence-corrected chi connectivity index (χ2v) is 7.95. The summed E-state index contributed by atoms with van der Waals surface area (Å²) in [6.07, 6.45) is 7.78. The van der Waals surface area contributed by atoms with Gasteiger partial charge in [-0.15, -0.1) is 0 Å². The van der Waals surface area contributed by atoms with Crippen molar-refractivity contribution in [3.63, 3.8) is 0 Å². The summed E-state index contributed by atoms with van der Waals surface area (Å²) in [5.74, 6) is -0.422. The van der Waals surface area contributed by atoms with Gasteiger partial charge in [0, 0.05) is 12.8 Å². The maximum atomic E-state index is 13.1. The van der Waals surface area contributed by atoms with Crippen LogP contribution in [0.15, 0.2) is 0 Å². The summed E-state index contributed by atoms with van der Waals surface area (Å²) >= 11 is 0. The third-order valence-electron chi connectivity index (χ3n) is 6.33. The first kappa shape index (κ1) is 17.3. The summed E-state index contributed by atoms with van der Waals surface area (Å²) in [6.45, 7) is 1.22. The van der Waals surface area contributed by atoms with E-state index in [9.17, 15) is 9.59 Å². The number of ether oxygens (including phenoxy) is 4. The van der Waals surface area contributed by atoms with E-state index >= 15 is 0 Å². The summed E-state index contributed by atoms with van der Waals surface area (Å²) in [5.41, 5.74) is -1.15. The van der Waals surface area contributed by atoms with Crippen LogP contribution in [0.3, 0.4) is 0 Å². The van der Waals surface area contributed by atoms with E-state index in [-0.39, 0.29) is 5.92 Å². The van der Waals surface area contributed by atoms with Crippen molar-refractivity contribution < 1.29 is 28.5 Å². The third kappa shape index (κ3) is 3.31. The van der Waals surface area contributed by atoms with Crippen molar-refractivity contribution in [1.29, 1.82) is 0 Å². The average Bonchev–Trinajstić information content (AvgIpc) is 3.25. The Morgan fingerprint density at radius 2 is 1.40 bits per heavy atom. The Morgan fingerprint density at radius 1 is 0.800 bits per heavy atom. The van der Waals surface area contributed by atoms with Crippen LogP contribution in [-0.4, -0.2) is 37.7 Å². The molecule has 0 spiro atoms. The largest absolute Gasteiger partial charge is 0.435 e. The zero-order chi connectivity index (χ0) is 17.3. The van der Waals surface area contributed by atoms with Crippen LogP contribution in [0.5, 0.6) is 0 Å². The van der Waals surface area contributed by atoms with E-state index in [1.54, 1.807) is 0 Å². The van der Waals surface area contributed by atoms with Crippen LogP contribution in [0, 0.1) is 17.3 Å². The fourth-order valence-corrected chi connectivity index (χ4v) is 4.97. The van der Waals surface area contributed by atoms with Gasteiger partial charge < -0.3 is 18.9 Å². The Balaban J connectivity index is 1.48. The van der Waals surface area contributed by atoms with Crippen molar-refractivity contribution in [2.75, 3.05) is 13.2 Å². The van der Waals surface area contributed by atoms with Crippen molar-refractivity contribution in [3.05, 3.63) is 0 Å². The number of fused-ring (bicyclic) bond motifs is 2. The Kier molecular flexibility index (Phi) is 5.00. The molecular formula is C19H28O6. The van der Waals surface area contributed by atoms with Crippen LogP contribution in [0.2, 0.25) is 0 Å². The number of carbonyl (C=O) groups is 2. The first-order chi connectivity index (χ1) is 12.2. The molecule has 0 aromatic rings. The van der Waals surface area contributed by atoms with Crippen LogP contribution in [0.4, 0.5) is 0 Å². The zero-order valence-corrected chi connectivity index (χ0v) is 14.7. The Bertz CT molecular complexity index is 474. The number of hydrogen-bond donors (Lipinski definition) is 0. The van der Waals surface area contributed by atoms with E-state index in [1.165, 1.54) is 0 Å². The smallest absolute Gasteiger partial charge is 0.326 e. The van der Waals surface area contributed by atoms with Crippen molar-refractivity contribution in [2.45, 2.75) is 76.8 Å². The van der Waals surface area contributed by atoms with Crippen molar-refractivity contribution in [2.24, 2.45) is 17.3 Å². The maximum absolute atomic E-state index is 13.1. The molecule has 2 saturated carbocycles. The summed E-state index contributed by atoms with van der Waals surface area (Å²) in [5, 5.41) is 0. The summed E-state index contributed by atoms with van der Waals surface area (Å²) in [4.78, 5) is 26.1. The Morgan fingerprint density at radius 3 is 1.80 bits per heavy atom. The van der Waals surface area contributed by atoms with E-state index in [2.05, 4.69) is 0 Å². The molecule has 6 nitrogen and oxygen atoms in total. The van der Waals surface area contributed by atoms with E-state index in [0.717, 1.165) is 44.9 Å². The molecule has 4 unspecified atom stereocenters. The second-order valence-electron chi connectivity index (χ2n) is 7.95. The highest BCUT2D eigenvalue weighted by molar-refractivity contribution is 6.01. The highest BCUT2D eigenvalue weighted by Crippen LogP contribution is 2.57. The van der Waals surface area contributed by atoms with Gasteiger partial charge in [0.1, 0.15) is 0 Å². The molecule has 2 saturated heterocycles. The molecule has 0 N–H and O–H groups in total. The lowest BCUT2D eigenvalue weighted by atomic mass is 9.73. The SMILES string of the molecule is O=C(OC1CCCCO1)C1(C(=O)OC2CCCCO2)CC2CCC1C2. The molecule has 0 amide bonds. The minimum Gasteiger partial charge on any atom is -0.435 e. The monoisotopic (exact) mass is 352 g/mol. The molecule has 4 aliphatic rings. The molecule has 0 radical (unpaired) electrons. The highest BCUT2D eigenvalue weighted by atomic mass is 16.7. The number of esters is 2. The lowest BCUT2D eigenvalue weighted by Crippen LogP contribution is -2.49. The Labute approximate surface area is 148 Å². The molecule has 4 rings (SSSR count). The Hall–Kier alpha value is -1.14. The number of hydrogen-bond acceptors (Lipinski definition) is 6. The van der Waals surface area contributed by atoms with Gasteiger partial charge in [-0.05, 0) is 56.8 Å². The van der Waals surface area contributed by atoms with E-state index < -0.39 is 29.9 Å². The van der Waals surface area contributed by atoms with Gasteiger partial charge in [0.05, 0.1) is 13.2 Å². The molecule has 140 valence electrons. The van der Waals surface area contributed by atoms with Gasteiger partial charge >= 0.3 is 11.9 Å². The van der Waals surface area contributed by atoms with Crippen molar-refractivity contribution >= 4 is 11.9 Å². The van der Waals surface area contributed by atoms with Gasteiger partial charge in [0.15, 0.2) is 5.41 Å². The number of carbonyl (C=O) groups excluding carboxylic acids is 2. The van der Waals surface area contributed by atoms with E-state index in [1.807, 2.05) is 0 Å². The van der Waals surface area contributed by atoms with Crippen LogP contribution < -0.4 is 0 Å². The van der Waals surface area contributed by atoms with Crippen LogP contribution >= 0.6 is 0 Å². The summed E-state index contributed by atoms with van der Waals surface area (Å²) in [7, 11) is 0. The molecule has 2 aliphatic carbocycles. The molecule has 4 fully saturated rings. The van der Waals surface area contributed by atoms with Crippen LogP contribution in [0.1, 0.15) is 64.2 Å². The molecule has 4 atom stereocenters. The van der Waals surface area contributed by atoms with Gasteiger partial charge in [-0.3, -0.25) is 9.59 Å². The topological polar surface area (TPSA) is 71.1 Å². The van der Waals surface area contributed by atoms with Crippen molar-refractivity contribution in [3.8, 4) is 0 Å². The highest BCUT2D eigenvalue weighted by Gasteiger charge is 2.63. The fourth-order valence-electron chi connectivity index (χ4n) is 4.97. The second kappa shape index (κ2) is 7.23. The molecule has 2 aliphatic heterocycles. The summed E-state index contributed by atoms with van der Waals surface area (Å²) < 4.78 is 22.4. The number of rotatable bonds is 4. The minimum atomic E-state index is -1.15. The molecule has 0 aromatic carbocycles. The van der Waals surface area contributed by atoms with E-state index in [0.29, 0.717) is 38.4 Å². The fraction of sp³-hybridized carbons (Fsp3) is 0.895. The third-order valence-corrected chi connectivity index (χ3v) is 6.33. The quantitative estimate of drug-likeness (QED) is 0.572. The lowest BCUT2D eigenvalue weighted by Gasteiger charge is -2.36. The molecular weight excluding hydrogens is 324 g/mol. The van der Waals surface area contributed by atoms with Gasteiger partial charge in [-0.25, -0.2) is 0 Å².